The second kappa shape index (κ2) is 5.04. The van der Waals surface area contributed by atoms with Crippen LogP contribution in [0.1, 0.15) is 72.1 Å². The molecule has 0 aromatic carbocycles. The van der Waals surface area contributed by atoms with Crippen LogP contribution in [0.3, 0.4) is 0 Å². The van der Waals surface area contributed by atoms with Crippen molar-refractivity contribution >= 4 is 11.6 Å². The van der Waals surface area contributed by atoms with Gasteiger partial charge in [0.1, 0.15) is 5.78 Å². The number of ketones is 2. The summed E-state index contributed by atoms with van der Waals surface area (Å²) in [4.78, 5) is 24.0. The number of Topliss-reactive ketones (excluding diaryl/α,β-unsaturated/α-hetero) is 1. The zero-order chi connectivity index (χ0) is 16.4. The molecule has 0 aromatic rings. The average Bonchev–Trinajstić information content (AvgIpc) is 2.85. The molecule has 0 heterocycles. The van der Waals surface area contributed by atoms with Gasteiger partial charge in [-0.05, 0) is 86.5 Å². The van der Waals surface area contributed by atoms with Crippen LogP contribution in [0.2, 0.25) is 0 Å². The zero-order valence-electron chi connectivity index (χ0n) is 14.9. The number of hydrogen-bond acceptors (Lipinski definition) is 2. The Morgan fingerprint density at radius 1 is 1.04 bits per heavy atom. The first-order chi connectivity index (χ1) is 10.9. The summed E-state index contributed by atoms with van der Waals surface area (Å²) >= 11 is 0. The molecule has 3 fully saturated rings. The molecule has 6 atom stereocenters. The highest BCUT2D eigenvalue weighted by Gasteiger charge is 2.59. The van der Waals surface area contributed by atoms with Crippen molar-refractivity contribution in [3.8, 4) is 0 Å². The second-order valence-corrected chi connectivity index (χ2v) is 9.25. The minimum atomic E-state index is 0.245. The predicted molar refractivity (Wildman–Crippen MR) is 90.9 cm³/mol. The van der Waals surface area contributed by atoms with E-state index in [4.69, 9.17) is 0 Å². The Hall–Kier alpha value is -0.920. The topological polar surface area (TPSA) is 34.1 Å². The van der Waals surface area contributed by atoms with Gasteiger partial charge in [-0.15, -0.1) is 0 Å². The monoisotopic (exact) mass is 319 g/mol. The predicted octanol–water partition coefficient (Wildman–Crippen LogP) is 4.72. The molecule has 3 saturated carbocycles. The van der Waals surface area contributed by atoms with Crippen LogP contribution in [-0.4, -0.2) is 11.6 Å². The Kier molecular flexibility index (Phi) is 3.42. The van der Waals surface area contributed by atoms with Crippen LogP contribution < -0.4 is 0 Å². The molecule has 3 unspecified atom stereocenters. The van der Waals surface area contributed by atoms with Crippen LogP contribution in [0.25, 0.3) is 0 Å². The molecule has 0 amide bonds. The van der Waals surface area contributed by atoms with Gasteiger partial charge in [0.05, 0.1) is 0 Å². The lowest BCUT2D eigenvalue weighted by Gasteiger charge is -2.58. The third kappa shape index (κ3) is 2.06. The quantitative estimate of drug-likeness (QED) is 0.655. The Bertz CT molecular complexity index is 589. The minimum absolute atomic E-state index is 0.245. The van der Waals surface area contributed by atoms with Crippen molar-refractivity contribution in [3.63, 3.8) is 0 Å². The molecule has 2 nitrogen and oxygen atoms in total. The average molecular weight is 319 g/mol. The molecule has 0 aromatic heterocycles. The van der Waals surface area contributed by atoms with E-state index in [2.05, 4.69) is 13.8 Å². The maximum Gasteiger partial charge on any atom is 0.155 e. The van der Waals surface area contributed by atoms with E-state index in [1.165, 1.54) is 31.3 Å². The molecular formula is C21H30O2. The van der Waals surface area contributed by atoms with Crippen molar-refractivity contribution in [3.05, 3.63) is 11.6 Å². The SMILES string of the molecule is C[C@]12C[13CH2][13C](=O)[13CH]=C1CCC1C2CC[C@@]2(C)C1CC[C@@H]2[13C]([13CH3])=O. The fourth-order valence-electron chi connectivity index (χ4n) is 7.23. The molecule has 23 heavy (non-hydrogen) atoms. The van der Waals surface area contributed by atoms with Crippen molar-refractivity contribution in [2.45, 2.75) is 72.1 Å². The van der Waals surface area contributed by atoms with E-state index in [0.29, 0.717) is 17.5 Å². The van der Waals surface area contributed by atoms with Crippen LogP contribution in [0.4, 0.5) is 0 Å². The summed E-state index contributed by atoms with van der Waals surface area (Å²) in [6, 6.07) is 0. The zero-order valence-corrected chi connectivity index (χ0v) is 14.9. The van der Waals surface area contributed by atoms with Crippen molar-refractivity contribution in [1.29, 1.82) is 0 Å². The third-order valence-corrected chi connectivity index (χ3v) is 8.45. The van der Waals surface area contributed by atoms with Gasteiger partial charge in [0, 0.05) is 12.3 Å². The third-order valence-electron chi connectivity index (χ3n) is 8.45. The summed E-state index contributed by atoms with van der Waals surface area (Å²) in [5, 5.41) is 0. The molecule has 4 aliphatic carbocycles. The van der Waals surface area contributed by atoms with Crippen molar-refractivity contribution in [2.24, 2.45) is 34.5 Å². The van der Waals surface area contributed by atoms with E-state index >= 15 is 0 Å². The number of rotatable bonds is 1. The number of hydrogen-bond donors (Lipinski definition) is 0. The molecule has 0 radical (unpaired) electrons. The summed E-state index contributed by atoms with van der Waals surface area (Å²) in [6.07, 6.45) is 10.9. The largest absolute Gasteiger partial charge is 0.300 e. The van der Waals surface area contributed by atoms with Crippen LogP contribution >= 0.6 is 0 Å². The van der Waals surface area contributed by atoms with Gasteiger partial charge in [0.2, 0.25) is 0 Å². The molecule has 0 bridgehead atoms. The highest BCUT2D eigenvalue weighted by Crippen LogP contribution is 2.66. The van der Waals surface area contributed by atoms with Gasteiger partial charge in [-0.2, -0.15) is 0 Å². The molecular weight excluding hydrogens is 289 g/mol. The van der Waals surface area contributed by atoms with Gasteiger partial charge in [-0.25, -0.2) is 0 Å². The second-order valence-electron chi connectivity index (χ2n) is 9.25. The van der Waals surface area contributed by atoms with Gasteiger partial charge in [0.15, 0.2) is 5.78 Å². The van der Waals surface area contributed by atoms with Crippen molar-refractivity contribution in [1.82, 2.24) is 0 Å². The Morgan fingerprint density at radius 3 is 2.57 bits per heavy atom. The standard InChI is InChI=1S/C21H30O2/c1-13(22)17-6-7-18-16-5-4-14-12-15(23)8-10-20(14,2)19(16)9-11-21(17,18)3/h12,16-19H,4-11H2,1-3H3/t16?,17-,18?,19?,20+,21-/m1/s1/i1+1,8+1,12+1,13+1,15+1. The normalized spacial score (nSPS) is 49.0. The maximum absolute atomic E-state index is 12.1. The van der Waals surface area contributed by atoms with Gasteiger partial charge in [-0.3, -0.25) is 9.59 Å². The highest BCUT2D eigenvalue weighted by atomic mass is 16.2. The number of carbonyl (C=O) groups is 2. The van der Waals surface area contributed by atoms with Crippen LogP contribution in [0, 0.1) is 34.5 Å². The van der Waals surface area contributed by atoms with Gasteiger partial charge in [0.25, 0.3) is 0 Å². The Balaban J connectivity index is 1.67. The van der Waals surface area contributed by atoms with Crippen LogP contribution in [0.5, 0.6) is 0 Å². The smallest absolute Gasteiger partial charge is 0.155 e. The summed E-state index contributed by atoms with van der Waals surface area (Å²) in [5.41, 5.74) is 1.95. The van der Waals surface area contributed by atoms with E-state index in [1.807, 2.05) is 6.08 Å². The van der Waals surface area contributed by atoms with Gasteiger partial charge in [-0.1, -0.05) is 19.4 Å². The maximum atomic E-state index is 12.1. The van der Waals surface area contributed by atoms with Gasteiger partial charge < -0.3 is 0 Å². The first-order valence-corrected chi connectivity index (χ1v) is 9.60. The minimum Gasteiger partial charge on any atom is -0.300 e. The summed E-state index contributed by atoms with van der Waals surface area (Å²) in [7, 11) is 0. The fourth-order valence-corrected chi connectivity index (χ4v) is 7.23. The summed E-state index contributed by atoms with van der Waals surface area (Å²) in [5.74, 6) is 3.29. The Labute approximate surface area is 140 Å². The van der Waals surface area contributed by atoms with Gasteiger partial charge >= 0.3 is 0 Å². The lowest BCUT2D eigenvalue weighted by Crippen LogP contribution is -2.51. The molecule has 0 aliphatic heterocycles. The van der Waals surface area contributed by atoms with Crippen molar-refractivity contribution < 1.29 is 9.59 Å². The van der Waals surface area contributed by atoms with Crippen LogP contribution in [0.15, 0.2) is 11.6 Å². The van der Waals surface area contributed by atoms with E-state index in [0.717, 1.165) is 43.4 Å². The summed E-state index contributed by atoms with van der Waals surface area (Å²) < 4.78 is 0. The molecule has 2 heteroatoms. The number of fused-ring (bicyclic) bond motifs is 5. The first-order valence-electron chi connectivity index (χ1n) is 9.60. The lowest BCUT2D eigenvalue weighted by atomic mass is 9.48. The molecule has 4 aliphatic rings. The fraction of sp³-hybridized carbons (Fsp3) is 0.810. The Morgan fingerprint density at radius 2 is 1.83 bits per heavy atom. The van der Waals surface area contributed by atoms with E-state index in [9.17, 15) is 9.59 Å². The molecule has 126 valence electrons. The molecule has 0 N–H and O–H groups in total. The molecule has 4 rings (SSSR count). The van der Waals surface area contributed by atoms with E-state index in [-0.39, 0.29) is 10.8 Å². The van der Waals surface area contributed by atoms with E-state index in [1.54, 1.807) is 6.92 Å². The van der Waals surface area contributed by atoms with Crippen molar-refractivity contribution in [2.75, 3.05) is 0 Å². The number of carbonyl (C=O) groups excluding carboxylic acids is 2. The highest BCUT2D eigenvalue weighted by molar-refractivity contribution is 5.91. The number of allylic oxidation sites excluding steroid dienone is 1. The van der Waals surface area contributed by atoms with Crippen LogP contribution in [-0.2, 0) is 9.59 Å². The van der Waals surface area contributed by atoms with E-state index < -0.39 is 0 Å². The molecule has 0 saturated heterocycles. The summed E-state index contributed by atoms with van der Waals surface area (Å²) in [6.45, 7) is 6.65. The first kappa shape index (κ1) is 15.6. The molecule has 0 spiro atoms. The lowest BCUT2D eigenvalue weighted by molar-refractivity contribution is -0.128.